The highest BCUT2D eigenvalue weighted by Crippen LogP contribution is 2.23. The van der Waals surface area contributed by atoms with E-state index in [0.717, 1.165) is 25.9 Å². The summed E-state index contributed by atoms with van der Waals surface area (Å²) in [6, 6.07) is 2.35. The topological polar surface area (TPSA) is 40.5 Å². The van der Waals surface area contributed by atoms with Gasteiger partial charge in [0.05, 0.1) is 6.42 Å². The number of carboxylic acids is 1. The van der Waals surface area contributed by atoms with Gasteiger partial charge < -0.3 is 5.11 Å². The van der Waals surface area contributed by atoms with E-state index < -0.39 is 5.97 Å². The third kappa shape index (κ3) is 2.79. The molecule has 0 amide bonds. The van der Waals surface area contributed by atoms with Gasteiger partial charge in [0, 0.05) is 12.6 Å². The third-order valence-corrected chi connectivity index (χ3v) is 3.61. The van der Waals surface area contributed by atoms with Crippen LogP contribution in [0.4, 0.5) is 0 Å². The van der Waals surface area contributed by atoms with Gasteiger partial charge >= 0.3 is 5.97 Å². The molecule has 0 aromatic carbocycles. The molecule has 0 aliphatic carbocycles. The summed E-state index contributed by atoms with van der Waals surface area (Å²) in [6.07, 6.45) is 2.43. The first-order valence-electron chi connectivity index (χ1n) is 5.22. The summed E-state index contributed by atoms with van der Waals surface area (Å²) in [6.45, 7) is 1.94. The predicted molar refractivity (Wildman–Crippen MR) is 60.0 cm³/mol. The van der Waals surface area contributed by atoms with E-state index in [1.807, 2.05) is 0 Å². The Morgan fingerprint density at radius 2 is 2.53 bits per heavy atom. The molecule has 82 valence electrons. The van der Waals surface area contributed by atoms with Gasteiger partial charge in [-0.05, 0) is 41.8 Å². The fourth-order valence-corrected chi connectivity index (χ4v) is 2.81. The van der Waals surface area contributed by atoms with E-state index >= 15 is 0 Å². The molecule has 0 spiro atoms. The van der Waals surface area contributed by atoms with Crippen LogP contribution >= 0.6 is 11.3 Å². The van der Waals surface area contributed by atoms with Gasteiger partial charge in [0.25, 0.3) is 0 Å². The van der Waals surface area contributed by atoms with Crippen LogP contribution in [0.25, 0.3) is 0 Å². The summed E-state index contributed by atoms with van der Waals surface area (Å²) in [5.41, 5.74) is 1.30. The van der Waals surface area contributed by atoms with Crippen LogP contribution in [-0.4, -0.2) is 28.6 Å². The Morgan fingerprint density at radius 1 is 1.67 bits per heavy atom. The van der Waals surface area contributed by atoms with Gasteiger partial charge in [0.15, 0.2) is 0 Å². The molecule has 3 nitrogen and oxygen atoms in total. The van der Waals surface area contributed by atoms with Crippen molar-refractivity contribution in [2.75, 3.05) is 6.54 Å². The average Bonchev–Trinajstić information content (AvgIpc) is 2.78. The summed E-state index contributed by atoms with van der Waals surface area (Å²) in [4.78, 5) is 13.0. The van der Waals surface area contributed by atoms with E-state index in [0.29, 0.717) is 0 Å². The predicted octanol–water partition coefficient (Wildman–Crippen LogP) is 2.19. The van der Waals surface area contributed by atoms with E-state index in [2.05, 4.69) is 21.7 Å². The van der Waals surface area contributed by atoms with Crippen molar-refractivity contribution in [3.05, 3.63) is 22.4 Å². The first kappa shape index (κ1) is 10.6. The normalized spacial score (nSPS) is 22.0. The smallest absolute Gasteiger partial charge is 0.304 e. The summed E-state index contributed by atoms with van der Waals surface area (Å²) >= 11 is 1.70. The lowest BCUT2D eigenvalue weighted by Crippen LogP contribution is -2.30. The van der Waals surface area contributed by atoms with Crippen molar-refractivity contribution in [1.29, 1.82) is 0 Å². The molecule has 1 aromatic heterocycles. The molecule has 0 saturated carbocycles. The van der Waals surface area contributed by atoms with Crippen molar-refractivity contribution in [2.24, 2.45) is 0 Å². The molecular weight excluding hydrogens is 210 g/mol. The fourth-order valence-electron chi connectivity index (χ4n) is 2.15. The standard InChI is InChI=1S/C11H15NO2S/c13-11(14)6-10-2-1-4-12(10)7-9-3-5-15-8-9/h3,5,8,10H,1-2,4,6-7H2,(H,13,14). The Labute approximate surface area is 93.3 Å². The molecule has 15 heavy (non-hydrogen) atoms. The zero-order valence-corrected chi connectivity index (χ0v) is 9.37. The number of thiophene rings is 1. The Kier molecular flexibility index (Phi) is 3.38. The van der Waals surface area contributed by atoms with Crippen molar-refractivity contribution in [2.45, 2.75) is 31.8 Å². The van der Waals surface area contributed by atoms with Crippen LogP contribution < -0.4 is 0 Å². The molecule has 1 atom stereocenters. The van der Waals surface area contributed by atoms with Gasteiger partial charge in [-0.15, -0.1) is 0 Å². The molecule has 1 aliphatic heterocycles. The maximum absolute atomic E-state index is 10.7. The maximum atomic E-state index is 10.7. The first-order chi connectivity index (χ1) is 7.25. The summed E-state index contributed by atoms with van der Waals surface area (Å²) in [5.74, 6) is -0.683. The zero-order chi connectivity index (χ0) is 10.7. The van der Waals surface area contributed by atoms with Crippen LogP contribution in [0.1, 0.15) is 24.8 Å². The van der Waals surface area contributed by atoms with E-state index in [9.17, 15) is 4.79 Å². The number of carboxylic acid groups (broad SMARTS) is 1. The zero-order valence-electron chi connectivity index (χ0n) is 8.56. The Balaban J connectivity index is 1.93. The lowest BCUT2D eigenvalue weighted by atomic mass is 10.1. The van der Waals surface area contributed by atoms with Crippen LogP contribution in [-0.2, 0) is 11.3 Å². The van der Waals surface area contributed by atoms with Crippen molar-refractivity contribution in [3.8, 4) is 0 Å². The lowest BCUT2D eigenvalue weighted by molar-refractivity contribution is -0.138. The van der Waals surface area contributed by atoms with Crippen molar-refractivity contribution in [1.82, 2.24) is 4.90 Å². The molecule has 1 fully saturated rings. The van der Waals surface area contributed by atoms with Gasteiger partial charge in [0.1, 0.15) is 0 Å². The van der Waals surface area contributed by atoms with Crippen LogP contribution in [0.15, 0.2) is 16.8 Å². The Bertz CT molecular complexity index is 323. The SMILES string of the molecule is O=C(O)CC1CCCN1Cc1ccsc1. The number of nitrogens with zero attached hydrogens (tertiary/aromatic N) is 1. The number of likely N-dealkylation sites (tertiary alicyclic amines) is 1. The molecule has 1 aromatic rings. The van der Waals surface area contributed by atoms with Gasteiger partial charge in [-0.3, -0.25) is 9.69 Å². The van der Waals surface area contributed by atoms with E-state index in [4.69, 9.17) is 5.11 Å². The van der Waals surface area contributed by atoms with Crippen LogP contribution in [0.2, 0.25) is 0 Å². The summed E-state index contributed by atoms with van der Waals surface area (Å²) in [5, 5.41) is 13.0. The summed E-state index contributed by atoms with van der Waals surface area (Å²) < 4.78 is 0. The van der Waals surface area contributed by atoms with Gasteiger partial charge in [-0.25, -0.2) is 0 Å². The van der Waals surface area contributed by atoms with Crippen molar-refractivity contribution >= 4 is 17.3 Å². The molecule has 1 unspecified atom stereocenters. The van der Waals surface area contributed by atoms with Gasteiger partial charge in [-0.2, -0.15) is 11.3 Å². The van der Waals surface area contributed by atoms with Crippen molar-refractivity contribution < 1.29 is 9.90 Å². The molecule has 2 heterocycles. The quantitative estimate of drug-likeness (QED) is 0.854. The minimum absolute atomic E-state index is 0.238. The monoisotopic (exact) mass is 225 g/mol. The number of carbonyl (C=O) groups is 1. The van der Waals surface area contributed by atoms with E-state index in [-0.39, 0.29) is 12.5 Å². The third-order valence-electron chi connectivity index (χ3n) is 2.88. The summed E-state index contributed by atoms with van der Waals surface area (Å²) in [7, 11) is 0. The average molecular weight is 225 g/mol. The molecule has 1 saturated heterocycles. The molecule has 2 rings (SSSR count). The number of hydrogen-bond acceptors (Lipinski definition) is 3. The van der Waals surface area contributed by atoms with Crippen LogP contribution in [0.5, 0.6) is 0 Å². The molecule has 0 radical (unpaired) electrons. The Morgan fingerprint density at radius 3 is 3.20 bits per heavy atom. The number of hydrogen-bond donors (Lipinski definition) is 1. The molecule has 1 N–H and O–H groups in total. The second kappa shape index (κ2) is 4.77. The molecule has 0 bridgehead atoms. The van der Waals surface area contributed by atoms with Gasteiger partial charge in [0.2, 0.25) is 0 Å². The first-order valence-corrected chi connectivity index (χ1v) is 6.17. The van der Waals surface area contributed by atoms with Gasteiger partial charge in [-0.1, -0.05) is 0 Å². The van der Waals surface area contributed by atoms with Crippen LogP contribution in [0.3, 0.4) is 0 Å². The molecular formula is C11H15NO2S. The minimum Gasteiger partial charge on any atom is -0.481 e. The van der Waals surface area contributed by atoms with E-state index in [1.165, 1.54) is 5.56 Å². The van der Waals surface area contributed by atoms with Crippen molar-refractivity contribution in [3.63, 3.8) is 0 Å². The second-order valence-electron chi connectivity index (χ2n) is 4.00. The number of aliphatic carboxylic acids is 1. The lowest BCUT2D eigenvalue weighted by Gasteiger charge is -2.22. The maximum Gasteiger partial charge on any atom is 0.304 e. The highest BCUT2D eigenvalue weighted by atomic mass is 32.1. The molecule has 1 aliphatic rings. The largest absolute Gasteiger partial charge is 0.481 e. The molecule has 4 heteroatoms. The minimum atomic E-state index is -0.683. The second-order valence-corrected chi connectivity index (χ2v) is 4.78. The highest BCUT2D eigenvalue weighted by molar-refractivity contribution is 7.07. The Hall–Kier alpha value is -0.870. The highest BCUT2D eigenvalue weighted by Gasteiger charge is 2.26. The van der Waals surface area contributed by atoms with Crippen LogP contribution in [0, 0.1) is 0 Å². The number of rotatable bonds is 4. The van der Waals surface area contributed by atoms with E-state index in [1.54, 1.807) is 11.3 Å². The fraction of sp³-hybridized carbons (Fsp3) is 0.545.